The zero-order valence-corrected chi connectivity index (χ0v) is 19.0. The number of nitrogens with zero attached hydrogens (tertiary/aromatic N) is 3. The van der Waals surface area contributed by atoms with Crippen LogP contribution in [0.1, 0.15) is 16.7 Å². The number of alkyl halides is 3. The summed E-state index contributed by atoms with van der Waals surface area (Å²) in [5.74, 6) is -0.576. The Morgan fingerprint density at radius 2 is 1.84 bits per heavy atom. The number of aromatic nitrogens is 2. The van der Waals surface area contributed by atoms with Gasteiger partial charge in [0.05, 0.1) is 17.4 Å². The van der Waals surface area contributed by atoms with E-state index in [1.54, 1.807) is 10.9 Å². The molecule has 2 N–H and O–H groups in total. The normalized spacial score (nSPS) is 11.7. The Hall–Kier alpha value is -2.63. The smallest absolute Gasteiger partial charge is 0.356 e. The molecule has 0 spiro atoms. The molecule has 10 heteroatoms. The van der Waals surface area contributed by atoms with Gasteiger partial charge in [-0.1, -0.05) is 24.3 Å². The lowest BCUT2D eigenvalue weighted by Crippen LogP contribution is -2.38. The quantitative estimate of drug-likeness (QED) is 0.206. The van der Waals surface area contributed by atoms with Crippen LogP contribution in [0.2, 0.25) is 0 Å². The first-order valence-electron chi connectivity index (χ1n) is 9.26. The number of guanidine groups is 1. The van der Waals surface area contributed by atoms with Crippen molar-refractivity contribution >= 4 is 29.9 Å². The lowest BCUT2D eigenvalue weighted by molar-refractivity contribution is -0.138. The molecule has 3 aromatic rings. The number of para-hydroxylation sites is 1. The minimum absolute atomic E-state index is 0. The van der Waals surface area contributed by atoms with Crippen LogP contribution < -0.4 is 10.6 Å². The lowest BCUT2D eigenvalue weighted by Gasteiger charge is -2.15. The Morgan fingerprint density at radius 3 is 2.52 bits per heavy atom. The highest BCUT2D eigenvalue weighted by Gasteiger charge is 2.33. The number of halogens is 5. The number of aliphatic imine (C=N–C) groups is 1. The minimum Gasteiger partial charge on any atom is -0.356 e. The maximum absolute atomic E-state index is 13.2. The summed E-state index contributed by atoms with van der Waals surface area (Å²) in [5.41, 5.74) is 0.892. The molecule has 0 unspecified atom stereocenters. The maximum atomic E-state index is 13.2. The summed E-state index contributed by atoms with van der Waals surface area (Å²) in [7, 11) is 1.53. The second-order valence-corrected chi connectivity index (χ2v) is 6.53. The zero-order chi connectivity index (χ0) is 21.6. The summed E-state index contributed by atoms with van der Waals surface area (Å²) in [4.78, 5) is 4.01. The van der Waals surface area contributed by atoms with Crippen LogP contribution in [0, 0.1) is 5.82 Å². The van der Waals surface area contributed by atoms with Gasteiger partial charge in [0.15, 0.2) is 5.96 Å². The van der Waals surface area contributed by atoms with E-state index in [9.17, 15) is 17.6 Å². The summed E-state index contributed by atoms with van der Waals surface area (Å²) in [6.07, 6.45) is -0.298. The molecule has 1 heterocycles. The van der Waals surface area contributed by atoms with Gasteiger partial charge in [-0.3, -0.25) is 4.99 Å². The highest BCUT2D eigenvalue weighted by molar-refractivity contribution is 14.0. The van der Waals surface area contributed by atoms with Crippen LogP contribution in [0.15, 0.2) is 65.9 Å². The third-order valence-corrected chi connectivity index (χ3v) is 4.41. The Kier molecular flexibility index (Phi) is 8.84. The van der Waals surface area contributed by atoms with E-state index in [4.69, 9.17) is 0 Å². The monoisotopic (exact) mass is 547 g/mol. The van der Waals surface area contributed by atoms with Crippen molar-refractivity contribution in [2.45, 2.75) is 19.1 Å². The summed E-state index contributed by atoms with van der Waals surface area (Å²) in [6, 6.07) is 12.3. The van der Waals surface area contributed by atoms with E-state index < -0.39 is 17.6 Å². The Balaban J connectivity index is 0.00000341. The zero-order valence-electron chi connectivity index (χ0n) is 16.7. The van der Waals surface area contributed by atoms with Gasteiger partial charge in [-0.15, -0.1) is 24.0 Å². The average molecular weight is 547 g/mol. The number of nitrogens with one attached hydrogen (secondary N) is 2. The largest absolute Gasteiger partial charge is 0.416 e. The second kappa shape index (κ2) is 11.1. The summed E-state index contributed by atoms with van der Waals surface area (Å²) in [5, 5.41) is 10.2. The average Bonchev–Trinajstić information content (AvgIpc) is 3.20. The SMILES string of the molecule is CN=C(NCCc1cnn(-c2ccccc2)c1)NCc1ccc(F)cc1C(F)(F)F.I. The van der Waals surface area contributed by atoms with E-state index in [2.05, 4.69) is 20.7 Å². The molecule has 166 valence electrons. The van der Waals surface area contributed by atoms with Gasteiger partial charge in [-0.25, -0.2) is 9.07 Å². The van der Waals surface area contributed by atoms with Crippen molar-refractivity contribution in [2.75, 3.05) is 13.6 Å². The van der Waals surface area contributed by atoms with E-state index in [-0.39, 0.29) is 36.1 Å². The first kappa shape index (κ1) is 24.6. The van der Waals surface area contributed by atoms with Crippen molar-refractivity contribution in [3.05, 3.63) is 83.4 Å². The number of hydrogen-bond donors (Lipinski definition) is 2. The standard InChI is InChI=1S/C21H21F4N5.HI/c1-26-20(28-13-16-7-8-17(22)11-19(16)21(23,24)25)27-10-9-15-12-29-30(14-15)18-5-3-2-4-6-18;/h2-8,11-12,14H,9-10,13H2,1H3,(H2,26,27,28);1H. The fourth-order valence-corrected chi connectivity index (χ4v) is 2.90. The molecule has 31 heavy (non-hydrogen) atoms. The Labute approximate surface area is 194 Å². The van der Waals surface area contributed by atoms with E-state index >= 15 is 0 Å². The van der Waals surface area contributed by atoms with Gasteiger partial charge in [0.2, 0.25) is 0 Å². The maximum Gasteiger partial charge on any atom is 0.416 e. The third kappa shape index (κ3) is 6.94. The van der Waals surface area contributed by atoms with Gasteiger partial charge in [-0.2, -0.15) is 18.3 Å². The molecule has 0 fully saturated rings. The fourth-order valence-electron chi connectivity index (χ4n) is 2.90. The molecular weight excluding hydrogens is 525 g/mol. The highest BCUT2D eigenvalue weighted by Crippen LogP contribution is 2.32. The molecule has 0 aliphatic heterocycles. The topological polar surface area (TPSA) is 54.2 Å². The van der Waals surface area contributed by atoms with Crippen molar-refractivity contribution in [1.82, 2.24) is 20.4 Å². The second-order valence-electron chi connectivity index (χ2n) is 6.53. The van der Waals surface area contributed by atoms with E-state index in [0.29, 0.717) is 25.0 Å². The van der Waals surface area contributed by atoms with Crippen LogP contribution in [0.4, 0.5) is 17.6 Å². The van der Waals surface area contributed by atoms with Crippen molar-refractivity contribution < 1.29 is 17.6 Å². The molecule has 0 amide bonds. The van der Waals surface area contributed by atoms with Gasteiger partial charge in [0.1, 0.15) is 5.82 Å². The molecule has 0 aliphatic rings. The van der Waals surface area contributed by atoms with E-state index in [0.717, 1.165) is 23.4 Å². The minimum atomic E-state index is -4.63. The molecular formula is C21H22F4IN5. The van der Waals surface area contributed by atoms with Gasteiger partial charge in [0, 0.05) is 26.3 Å². The molecule has 0 aliphatic carbocycles. The summed E-state index contributed by atoms with van der Waals surface area (Å²) < 4.78 is 54.3. The van der Waals surface area contributed by atoms with Crippen molar-refractivity contribution in [3.63, 3.8) is 0 Å². The summed E-state index contributed by atoms with van der Waals surface area (Å²) >= 11 is 0. The molecule has 3 rings (SSSR count). The number of benzene rings is 2. The Morgan fingerprint density at radius 1 is 1.10 bits per heavy atom. The number of rotatable bonds is 6. The first-order chi connectivity index (χ1) is 14.4. The number of hydrogen-bond acceptors (Lipinski definition) is 2. The molecule has 0 saturated carbocycles. The van der Waals surface area contributed by atoms with Crippen LogP contribution in [-0.4, -0.2) is 29.3 Å². The molecule has 0 bridgehead atoms. The molecule has 2 aromatic carbocycles. The predicted octanol–water partition coefficient (Wildman–Crippen LogP) is 4.56. The van der Waals surface area contributed by atoms with Crippen LogP contribution in [-0.2, 0) is 19.1 Å². The molecule has 0 radical (unpaired) electrons. The molecule has 0 atom stereocenters. The molecule has 0 saturated heterocycles. The van der Waals surface area contributed by atoms with E-state index in [1.165, 1.54) is 7.05 Å². The van der Waals surface area contributed by atoms with E-state index in [1.807, 2.05) is 36.5 Å². The van der Waals surface area contributed by atoms with Gasteiger partial charge in [-0.05, 0) is 41.8 Å². The van der Waals surface area contributed by atoms with Gasteiger partial charge < -0.3 is 10.6 Å². The first-order valence-corrected chi connectivity index (χ1v) is 9.26. The summed E-state index contributed by atoms with van der Waals surface area (Å²) in [6.45, 7) is 0.371. The van der Waals surface area contributed by atoms with Crippen molar-refractivity contribution in [2.24, 2.45) is 4.99 Å². The fraction of sp³-hybridized carbons (Fsp3) is 0.238. The lowest BCUT2D eigenvalue weighted by atomic mass is 10.1. The van der Waals surface area contributed by atoms with Crippen molar-refractivity contribution in [3.8, 4) is 5.69 Å². The molecule has 1 aromatic heterocycles. The molecule has 5 nitrogen and oxygen atoms in total. The van der Waals surface area contributed by atoms with Crippen LogP contribution in [0.5, 0.6) is 0 Å². The van der Waals surface area contributed by atoms with Crippen LogP contribution >= 0.6 is 24.0 Å². The predicted molar refractivity (Wildman–Crippen MR) is 122 cm³/mol. The van der Waals surface area contributed by atoms with Gasteiger partial charge in [0.25, 0.3) is 0 Å². The van der Waals surface area contributed by atoms with Gasteiger partial charge >= 0.3 is 6.18 Å². The Bertz CT molecular complexity index is 1000. The third-order valence-electron chi connectivity index (χ3n) is 4.41. The van der Waals surface area contributed by atoms with Crippen molar-refractivity contribution in [1.29, 1.82) is 0 Å². The highest BCUT2D eigenvalue weighted by atomic mass is 127. The van der Waals surface area contributed by atoms with Crippen LogP contribution in [0.25, 0.3) is 5.69 Å². The van der Waals surface area contributed by atoms with Crippen LogP contribution in [0.3, 0.4) is 0 Å².